The number of nitrogens with zero attached hydrogens (tertiary/aromatic N) is 3. The summed E-state index contributed by atoms with van der Waals surface area (Å²) in [5.41, 5.74) is 2.19. The molecule has 5 heteroatoms. The first kappa shape index (κ1) is 11.3. The molecular weight excluding hydrogens is 220 g/mol. The van der Waals surface area contributed by atoms with E-state index in [1.54, 1.807) is 11.3 Å². The minimum Gasteiger partial charge on any atom is -0.314 e. The van der Waals surface area contributed by atoms with Gasteiger partial charge in [0.25, 0.3) is 0 Å². The zero-order chi connectivity index (χ0) is 11.5. The van der Waals surface area contributed by atoms with Crippen LogP contribution >= 0.6 is 11.3 Å². The second kappa shape index (κ2) is 4.76. The van der Waals surface area contributed by atoms with Crippen molar-refractivity contribution >= 4 is 11.3 Å². The highest BCUT2D eigenvalue weighted by Crippen LogP contribution is 2.17. The third-order valence-corrected chi connectivity index (χ3v) is 3.48. The molecule has 0 unspecified atom stereocenters. The Kier molecular flexibility index (Phi) is 3.36. The van der Waals surface area contributed by atoms with E-state index < -0.39 is 0 Å². The molecule has 2 heterocycles. The maximum Gasteiger partial charge on any atom is 0.115 e. The zero-order valence-electron chi connectivity index (χ0n) is 9.82. The van der Waals surface area contributed by atoms with Crippen LogP contribution in [0.3, 0.4) is 0 Å². The van der Waals surface area contributed by atoms with E-state index in [2.05, 4.69) is 22.3 Å². The van der Waals surface area contributed by atoms with Gasteiger partial charge in [-0.05, 0) is 27.0 Å². The molecule has 0 atom stereocenters. The van der Waals surface area contributed by atoms with Crippen molar-refractivity contribution < 1.29 is 0 Å². The molecule has 0 aromatic carbocycles. The summed E-state index contributed by atoms with van der Waals surface area (Å²) in [5.74, 6) is 0. The topological polar surface area (TPSA) is 42.7 Å². The average Bonchev–Trinajstić information content (AvgIpc) is 2.77. The molecule has 0 aliphatic heterocycles. The molecule has 0 saturated carbocycles. The van der Waals surface area contributed by atoms with Gasteiger partial charge < -0.3 is 5.32 Å². The van der Waals surface area contributed by atoms with Crippen molar-refractivity contribution in [3.05, 3.63) is 33.5 Å². The maximum atomic E-state index is 4.50. The summed E-state index contributed by atoms with van der Waals surface area (Å²) in [6.45, 7) is 5.73. The largest absolute Gasteiger partial charge is 0.314 e. The summed E-state index contributed by atoms with van der Waals surface area (Å²) in [4.78, 5) is 5.79. The van der Waals surface area contributed by atoms with Gasteiger partial charge in [-0.25, -0.2) is 4.98 Å². The molecule has 0 radical (unpaired) electrons. The molecule has 0 spiro atoms. The van der Waals surface area contributed by atoms with E-state index in [1.807, 2.05) is 30.9 Å². The van der Waals surface area contributed by atoms with Crippen molar-refractivity contribution in [1.82, 2.24) is 20.1 Å². The standard InChI is InChI=1S/C11H16N4S/c1-8-9(2)16-11(13-8)7-15-5-4-10(14-15)6-12-3/h4-5,12H,6-7H2,1-3H3. The fourth-order valence-electron chi connectivity index (χ4n) is 1.51. The Hall–Kier alpha value is -1.20. The number of aromatic nitrogens is 3. The van der Waals surface area contributed by atoms with Crippen molar-refractivity contribution in [2.75, 3.05) is 7.05 Å². The second-order valence-corrected chi connectivity index (χ2v) is 5.07. The molecule has 1 N–H and O–H groups in total. The quantitative estimate of drug-likeness (QED) is 0.879. The normalized spacial score (nSPS) is 10.9. The van der Waals surface area contributed by atoms with Crippen LogP contribution in [0.25, 0.3) is 0 Å². The Labute approximate surface area is 99.3 Å². The molecule has 0 aliphatic carbocycles. The average molecular weight is 236 g/mol. The van der Waals surface area contributed by atoms with Gasteiger partial charge in [0.1, 0.15) is 5.01 Å². The summed E-state index contributed by atoms with van der Waals surface area (Å²) in [6, 6.07) is 2.03. The number of nitrogens with one attached hydrogen (secondary N) is 1. The third kappa shape index (κ3) is 2.48. The smallest absolute Gasteiger partial charge is 0.115 e. The number of rotatable bonds is 4. The minimum atomic E-state index is 0.767. The predicted octanol–water partition coefficient (Wildman–Crippen LogP) is 1.72. The van der Waals surface area contributed by atoms with Gasteiger partial charge in [0, 0.05) is 17.6 Å². The fourth-order valence-corrected chi connectivity index (χ4v) is 2.44. The molecule has 2 rings (SSSR count). The Balaban J connectivity index is 2.08. The molecule has 86 valence electrons. The number of thiazole rings is 1. The summed E-state index contributed by atoms with van der Waals surface area (Å²) >= 11 is 1.74. The van der Waals surface area contributed by atoms with Crippen LogP contribution in [-0.2, 0) is 13.1 Å². The minimum absolute atomic E-state index is 0.767. The van der Waals surface area contributed by atoms with E-state index in [-0.39, 0.29) is 0 Å². The molecule has 0 aliphatic rings. The maximum absolute atomic E-state index is 4.50. The summed E-state index contributed by atoms with van der Waals surface area (Å²) < 4.78 is 1.93. The van der Waals surface area contributed by atoms with Crippen molar-refractivity contribution in [3.63, 3.8) is 0 Å². The fraction of sp³-hybridized carbons (Fsp3) is 0.455. The van der Waals surface area contributed by atoms with Gasteiger partial charge in [0.15, 0.2) is 0 Å². The first-order valence-corrected chi connectivity index (χ1v) is 6.10. The van der Waals surface area contributed by atoms with E-state index >= 15 is 0 Å². The molecule has 0 amide bonds. The molecule has 0 saturated heterocycles. The zero-order valence-corrected chi connectivity index (χ0v) is 10.6. The lowest BCUT2D eigenvalue weighted by Gasteiger charge is -1.97. The molecule has 16 heavy (non-hydrogen) atoms. The predicted molar refractivity (Wildman–Crippen MR) is 65.7 cm³/mol. The van der Waals surface area contributed by atoms with Crippen LogP contribution in [0.4, 0.5) is 0 Å². The number of hydrogen-bond acceptors (Lipinski definition) is 4. The molecule has 4 nitrogen and oxygen atoms in total. The van der Waals surface area contributed by atoms with E-state index in [1.165, 1.54) is 4.88 Å². The lowest BCUT2D eigenvalue weighted by Crippen LogP contribution is -2.07. The van der Waals surface area contributed by atoms with Crippen molar-refractivity contribution in [2.45, 2.75) is 26.9 Å². The Bertz CT molecular complexity index is 453. The van der Waals surface area contributed by atoms with Crippen LogP contribution in [0, 0.1) is 13.8 Å². The molecule has 2 aromatic rings. The highest BCUT2D eigenvalue weighted by atomic mass is 32.1. The summed E-state index contributed by atoms with van der Waals surface area (Å²) in [6.07, 6.45) is 2.00. The van der Waals surface area contributed by atoms with E-state index in [0.29, 0.717) is 0 Å². The first-order chi connectivity index (χ1) is 7.69. The second-order valence-electron chi connectivity index (χ2n) is 3.78. The van der Waals surface area contributed by atoms with Crippen LogP contribution in [0.1, 0.15) is 21.3 Å². The number of aryl methyl sites for hydroxylation is 2. The lowest BCUT2D eigenvalue weighted by molar-refractivity contribution is 0.656. The van der Waals surface area contributed by atoms with E-state index in [4.69, 9.17) is 0 Å². The van der Waals surface area contributed by atoms with Gasteiger partial charge in [-0.2, -0.15) is 5.10 Å². The molecular formula is C11H16N4S. The van der Waals surface area contributed by atoms with Crippen molar-refractivity contribution in [1.29, 1.82) is 0 Å². The van der Waals surface area contributed by atoms with Gasteiger partial charge in [-0.3, -0.25) is 4.68 Å². The van der Waals surface area contributed by atoms with Crippen molar-refractivity contribution in [3.8, 4) is 0 Å². The van der Waals surface area contributed by atoms with Crippen LogP contribution < -0.4 is 5.32 Å². The van der Waals surface area contributed by atoms with Gasteiger partial charge >= 0.3 is 0 Å². The highest BCUT2D eigenvalue weighted by molar-refractivity contribution is 7.11. The van der Waals surface area contributed by atoms with Gasteiger partial charge in [-0.1, -0.05) is 0 Å². The summed E-state index contributed by atoms with van der Waals surface area (Å²) in [5, 5.41) is 8.66. The Morgan fingerprint density at radius 3 is 2.88 bits per heavy atom. The van der Waals surface area contributed by atoms with Crippen LogP contribution in [0.5, 0.6) is 0 Å². The molecule has 2 aromatic heterocycles. The van der Waals surface area contributed by atoms with Crippen LogP contribution in [-0.4, -0.2) is 21.8 Å². The highest BCUT2D eigenvalue weighted by Gasteiger charge is 2.05. The lowest BCUT2D eigenvalue weighted by atomic mass is 10.4. The van der Waals surface area contributed by atoms with Crippen LogP contribution in [0.15, 0.2) is 12.3 Å². The van der Waals surface area contributed by atoms with Crippen LogP contribution in [0.2, 0.25) is 0 Å². The Morgan fingerprint density at radius 1 is 1.44 bits per heavy atom. The number of hydrogen-bond donors (Lipinski definition) is 1. The monoisotopic (exact) mass is 236 g/mol. The van der Waals surface area contributed by atoms with E-state index in [9.17, 15) is 0 Å². The van der Waals surface area contributed by atoms with Gasteiger partial charge in [0.2, 0.25) is 0 Å². The van der Waals surface area contributed by atoms with Crippen molar-refractivity contribution in [2.24, 2.45) is 0 Å². The summed E-state index contributed by atoms with van der Waals surface area (Å²) in [7, 11) is 1.92. The van der Waals surface area contributed by atoms with Gasteiger partial charge in [-0.15, -0.1) is 11.3 Å². The first-order valence-electron chi connectivity index (χ1n) is 5.29. The Morgan fingerprint density at radius 2 is 2.25 bits per heavy atom. The molecule has 0 fully saturated rings. The van der Waals surface area contributed by atoms with Gasteiger partial charge in [0.05, 0.1) is 17.9 Å². The van der Waals surface area contributed by atoms with E-state index in [0.717, 1.165) is 29.5 Å². The molecule has 0 bridgehead atoms. The third-order valence-electron chi connectivity index (χ3n) is 2.42. The SMILES string of the molecule is CNCc1ccn(Cc2nc(C)c(C)s2)n1.